The summed E-state index contributed by atoms with van der Waals surface area (Å²) in [5, 5.41) is 12.6. The van der Waals surface area contributed by atoms with Crippen LogP contribution in [0.3, 0.4) is 0 Å². The fourth-order valence-electron chi connectivity index (χ4n) is 3.23. The maximum absolute atomic E-state index is 13.7. The Labute approximate surface area is 165 Å². The molecule has 3 unspecified atom stereocenters. The number of amides is 1. The van der Waals surface area contributed by atoms with E-state index in [1.807, 2.05) is 0 Å². The van der Waals surface area contributed by atoms with Crippen molar-refractivity contribution >= 4 is 17.6 Å². The van der Waals surface area contributed by atoms with Crippen LogP contribution in [-0.2, 0) is 20.5 Å². The summed E-state index contributed by atoms with van der Waals surface area (Å²) in [6.45, 7) is 4.90. The number of nitrogens with zero attached hydrogens (tertiary/aromatic N) is 1. The zero-order valence-corrected chi connectivity index (χ0v) is 16.5. The minimum Gasteiger partial charge on any atom is -0.467 e. The molecule has 10 heteroatoms. The van der Waals surface area contributed by atoms with Crippen LogP contribution in [0.1, 0.15) is 32.8 Å². The van der Waals surface area contributed by atoms with E-state index in [2.05, 4.69) is 10.1 Å². The van der Waals surface area contributed by atoms with Gasteiger partial charge >= 0.3 is 12.1 Å². The number of benzene rings is 1. The lowest BCUT2D eigenvalue weighted by molar-refractivity contribution is -0.151. The predicted octanol–water partition coefficient (Wildman–Crippen LogP) is 2.81. The van der Waals surface area contributed by atoms with E-state index >= 15 is 0 Å². The first-order valence-electron chi connectivity index (χ1n) is 8.94. The van der Waals surface area contributed by atoms with Gasteiger partial charge in [0.2, 0.25) is 5.91 Å². The number of hydrogen-bond donors (Lipinski definition) is 2. The molecule has 0 saturated carbocycles. The van der Waals surface area contributed by atoms with Crippen LogP contribution in [-0.4, -0.2) is 53.7 Å². The molecular formula is C19H24F4N2O4. The smallest absolute Gasteiger partial charge is 0.416 e. The number of nitrogens with one attached hydrogen (secondary N) is 1. The van der Waals surface area contributed by atoms with Gasteiger partial charge in [-0.15, -0.1) is 0 Å². The molecule has 162 valence electrons. The Morgan fingerprint density at radius 3 is 2.38 bits per heavy atom. The van der Waals surface area contributed by atoms with Crippen molar-refractivity contribution in [3.05, 3.63) is 29.6 Å². The lowest BCUT2D eigenvalue weighted by atomic mass is 9.85. The standard InChI is InChI=1S/C19H24F4N2O4/c1-18(2,3)15(16(27)25-9-13(26)8-14(25)17(28)29-4)24-12-6-10(19(21,22)23)5-11(20)7-12/h5-7,13-15,24,26H,8-9H2,1-4H3. The Morgan fingerprint density at radius 1 is 1.24 bits per heavy atom. The summed E-state index contributed by atoms with van der Waals surface area (Å²) < 4.78 is 57.4. The van der Waals surface area contributed by atoms with Crippen molar-refractivity contribution in [2.24, 2.45) is 5.41 Å². The average Bonchev–Trinajstić information content (AvgIpc) is 2.98. The summed E-state index contributed by atoms with van der Waals surface area (Å²) in [5.41, 5.74) is -2.22. The number of carbonyl (C=O) groups is 2. The quantitative estimate of drug-likeness (QED) is 0.579. The normalized spacial score (nSPS) is 21.1. The van der Waals surface area contributed by atoms with E-state index in [1.165, 1.54) is 0 Å². The molecule has 0 radical (unpaired) electrons. The van der Waals surface area contributed by atoms with Crippen LogP contribution in [0.4, 0.5) is 23.2 Å². The Morgan fingerprint density at radius 2 is 1.86 bits per heavy atom. The van der Waals surface area contributed by atoms with Crippen molar-refractivity contribution in [2.45, 2.75) is 51.6 Å². The molecule has 1 heterocycles. The highest BCUT2D eigenvalue weighted by molar-refractivity contribution is 5.90. The van der Waals surface area contributed by atoms with E-state index in [4.69, 9.17) is 0 Å². The van der Waals surface area contributed by atoms with Crippen molar-refractivity contribution in [3.63, 3.8) is 0 Å². The van der Waals surface area contributed by atoms with E-state index in [0.717, 1.165) is 18.1 Å². The second-order valence-electron chi connectivity index (χ2n) is 8.09. The van der Waals surface area contributed by atoms with Crippen molar-refractivity contribution in [1.82, 2.24) is 4.90 Å². The highest BCUT2D eigenvalue weighted by Crippen LogP contribution is 2.34. The number of aliphatic hydroxyl groups excluding tert-OH is 1. The predicted molar refractivity (Wildman–Crippen MR) is 96.4 cm³/mol. The van der Waals surface area contributed by atoms with Crippen LogP contribution in [0.15, 0.2) is 18.2 Å². The average molecular weight is 420 g/mol. The van der Waals surface area contributed by atoms with Gasteiger partial charge in [-0.05, 0) is 23.6 Å². The number of alkyl halides is 3. The molecule has 0 aromatic heterocycles. The first-order valence-corrected chi connectivity index (χ1v) is 8.94. The lowest BCUT2D eigenvalue weighted by Crippen LogP contribution is -2.52. The third-order valence-corrected chi connectivity index (χ3v) is 4.68. The molecule has 1 aliphatic heterocycles. The molecule has 0 spiro atoms. The summed E-state index contributed by atoms with van der Waals surface area (Å²) >= 11 is 0. The monoisotopic (exact) mass is 420 g/mol. The molecule has 1 aliphatic rings. The summed E-state index contributed by atoms with van der Waals surface area (Å²) in [4.78, 5) is 26.3. The first-order chi connectivity index (χ1) is 13.2. The summed E-state index contributed by atoms with van der Waals surface area (Å²) in [6.07, 6.45) is -5.70. The first kappa shape index (κ1) is 22.9. The fraction of sp³-hybridized carbons (Fsp3) is 0.579. The zero-order valence-electron chi connectivity index (χ0n) is 16.5. The highest BCUT2D eigenvalue weighted by atomic mass is 19.4. The number of anilines is 1. The Balaban J connectivity index is 2.37. The van der Waals surface area contributed by atoms with Crippen LogP contribution in [0.5, 0.6) is 0 Å². The van der Waals surface area contributed by atoms with Gasteiger partial charge in [-0.1, -0.05) is 20.8 Å². The summed E-state index contributed by atoms with van der Waals surface area (Å²) in [6, 6.07) is -0.164. The van der Waals surface area contributed by atoms with Crippen molar-refractivity contribution in [2.75, 3.05) is 19.0 Å². The fourth-order valence-corrected chi connectivity index (χ4v) is 3.23. The van der Waals surface area contributed by atoms with Gasteiger partial charge < -0.3 is 20.1 Å². The number of β-amino-alcohol motifs (C(OH)–C–C–N with tert-alkyl or cyclic N) is 1. The SMILES string of the molecule is COC(=O)C1CC(O)CN1C(=O)C(Nc1cc(F)cc(C(F)(F)F)c1)C(C)(C)C. The molecule has 0 bridgehead atoms. The molecule has 1 saturated heterocycles. The van der Waals surface area contributed by atoms with Crippen molar-refractivity contribution in [1.29, 1.82) is 0 Å². The molecular weight excluding hydrogens is 396 g/mol. The van der Waals surface area contributed by atoms with E-state index in [-0.39, 0.29) is 18.7 Å². The highest BCUT2D eigenvalue weighted by Gasteiger charge is 2.44. The third kappa shape index (κ3) is 5.37. The number of esters is 1. The van der Waals surface area contributed by atoms with Crippen LogP contribution in [0.2, 0.25) is 0 Å². The molecule has 1 fully saturated rings. The molecule has 1 aromatic rings. The van der Waals surface area contributed by atoms with E-state index < -0.39 is 53.0 Å². The molecule has 1 aromatic carbocycles. The number of hydrogen-bond acceptors (Lipinski definition) is 5. The Kier molecular flexibility index (Phi) is 6.46. The minimum atomic E-state index is -4.76. The second kappa shape index (κ2) is 8.17. The number of carbonyl (C=O) groups excluding carboxylic acids is 2. The number of aliphatic hydroxyl groups is 1. The number of halogens is 4. The van der Waals surface area contributed by atoms with Gasteiger partial charge in [-0.25, -0.2) is 9.18 Å². The number of likely N-dealkylation sites (tertiary alicyclic amines) is 1. The van der Waals surface area contributed by atoms with Gasteiger partial charge in [0.25, 0.3) is 0 Å². The topological polar surface area (TPSA) is 78.9 Å². The van der Waals surface area contributed by atoms with Gasteiger partial charge in [0.15, 0.2) is 0 Å². The maximum atomic E-state index is 13.7. The largest absolute Gasteiger partial charge is 0.467 e. The van der Waals surface area contributed by atoms with Crippen LogP contribution < -0.4 is 5.32 Å². The second-order valence-corrected chi connectivity index (χ2v) is 8.09. The molecule has 0 aliphatic carbocycles. The van der Waals surface area contributed by atoms with Crippen molar-refractivity contribution in [3.8, 4) is 0 Å². The molecule has 29 heavy (non-hydrogen) atoms. The van der Waals surface area contributed by atoms with Crippen molar-refractivity contribution < 1.29 is 37.0 Å². The summed E-state index contributed by atoms with van der Waals surface area (Å²) in [7, 11) is 1.15. The Hall–Kier alpha value is -2.36. The van der Waals surface area contributed by atoms with Crippen LogP contribution in [0.25, 0.3) is 0 Å². The third-order valence-electron chi connectivity index (χ3n) is 4.68. The molecule has 6 nitrogen and oxygen atoms in total. The van der Waals surface area contributed by atoms with Crippen LogP contribution >= 0.6 is 0 Å². The van der Waals surface area contributed by atoms with E-state index in [9.17, 15) is 32.3 Å². The molecule has 2 N–H and O–H groups in total. The van der Waals surface area contributed by atoms with Gasteiger partial charge in [-0.3, -0.25) is 4.79 Å². The Bertz CT molecular complexity index is 776. The van der Waals surface area contributed by atoms with Crippen LogP contribution in [0, 0.1) is 11.2 Å². The molecule has 2 rings (SSSR count). The van der Waals surface area contributed by atoms with Gasteiger partial charge in [0, 0.05) is 18.7 Å². The molecule has 3 atom stereocenters. The van der Waals surface area contributed by atoms with Gasteiger partial charge in [0.05, 0.1) is 18.8 Å². The van der Waals surface area contributed by atoms with Gasteiger partial charge in [-0.2, -0.15) is 13.2 Å². The lowest BCUT2D eigenvalue weighted by Gasteiger charge is -2.35. The zero-order chi connectivity index (χ0) is 22.1. The number of ether oxygens (including phenoxy) is 1. The number of rotatable bonds is 4. The minimum absolute atomic E-state index is 0.00648. The maximum Gasteiger partial charge on any atom is 0.416 e. The van der Waals surface area contributed by atoms with Gasteiger partial charge in [0.1, 0.15) is 17.9 Å². The van der Waals surface area contributed by atoms with E-state index in [1.54, 1.807) is 20.8 Å². The van der Waals surface area contributed by atoms with E-state index in [0.29, 0.717) is 12.1 Å². The number of methoxy groups -OCH3 is 1. The summed E-state index contributed by atoms with van der Waals surface area (Å²) in [5.74, 6) is -2.42. The molecule has 1 amide bonds.